The summed E-state index contributed by atoms with van der Waals surface area (Å²) in [5.74, 6) is -0.103. The van der Waals surface area contributed by atoms with E-state index in [9.17, 15) is 25.2 Å². The van der Waals surface area contributed by atoms with Crippen molar-refractivity contribution in [2.45, 2.75) is 151 Å². The molecule has 46 heavy (non-hydrogen) atoms. The summed E-state index contributed by atoms with van der Waals surface area (Å²) in [6.07, 6.45) is 6.34. The van der Waals surface area contributed by atoms with Crippen molar-refractivity contribution < 1.29 is 44.2 Å². The van der Waals surface area contributed by atoms with Gasteiger partial charge in [0.25, 0.3) is 0 Å². The molecule has 4 aliphatic rings. The molecular formula is C34H63N3O9. The second kappa shape index (κ2) is 18.7. The number of hydrogen-bond acceptors (Lipinski definition) is 11. The number of carboxylic acids is 1. The Labute approximate surface area is 275 Å². The quantitative estimate of drug-likeness (QED) is 0.128. The van der Waals surface area contributed by atoms with Crippen LogP contribution in [-0.2, 0) is 23.7 Å². The maximum Gasteiger partial charge on any atom is 0.303 e. The number of nitrogens with two attached hydrogens (primary N) is 1. The van der Waals surface area contributed by atoms with Gasteiger partial charge in [-0.3, -0.25) is 4.79 Å². The van der Waals surface area contributed by atoms with E-state index >= 15 is 0 Å². The molecule has 2 aliphatic carbocycles. The molecule has 0 aromatic rings. The van der Waals surface area contributed by atoms with Crippen LogP contribution in [0.4, 0.5) is 0 Å². The first kappa shape index (κ1) is 37.9. The van der Waals surface area contributed by atoms with Crippen molar-refractivity contribution in [2.75, 3.05) is 33.9 Å². The Balaban J connectivity index is 1.36. The molecular weight excluding hydrogens is 594 g/mol. The molecule has 0 amide bonds. The van der Waals surface area contributed by atoms with Crippen LogP contribution in [0.3, 0.4) is 0 Å². The van der Waals surface area contributed by atoms with Crippen LogP contribution >= 0.6 is 0 Å². The van der Waals surface area contributed by atoms with E-state index in [1.54, 1.807) is 14.2 Å². The highest BCUT2D eigenvalue weighted by Gasteiger charge is 2.44. The molecule has 268 valence electrons. The van der Waals surface area contributed by atoms with Crippen LogP contribution in [0.1, 0.15) is 90.4 Å². The van der Waals surface area contributed by atoms with Crippen molar-refractivity contribution >= 4 is 5.97 Å². The Morgan fingerprint density at radius 1 is 0.957 bits per heavy atom. The van der Waals surface area contributed by atoms with Crippen LogP contribution in [0, 0.1) is 23.7 Å². The van der Waals surface area contributed by atoms with Crippen molar-refractivity contribution in [3.05, 3.63) is 0 Å². The number of aliphatic hydroxyl groups excluding tert-OH is 3. The van der Waals surface area contributed by atoms with Crippen molar-refractivity contribution in [1.82, 2.24) is 10.6 Å². The highest BCUT2D eigenvalue weighted by atomic mass is 16.5. The normalized spacial score (nSPS) is 40.3. The average molecular weight is 658 g/mol. The van der Waals surface area contributed by atoms with Gasteiger partial charge in [-0.15, -0.1) is 0 Å². The Morgan fingerprint density at radius 2 is 1.72 bits per heavy atom. The van der Waals surface area contributed by atoms with Gasteiger partial charge in [0.2, 0.25) is 0 Å². The first-order valence-corrected chi connectivity index (χ1v) is 17.9. The van der Waals surface area contributed by atoms with Crippen molar-refractivity contribution in [1.29, 1.82) is 0 Å². The minimum absolute atomic E-state index is 0.0412. The van der Waals surface area contributed by atoms with E-state index in [4.69, 9.17) is 24.7 Å². The molecule has 14 atom stereocenters. The molecule has 2 saturated heterocycles. The van der Waals surface area contributed by atoms with E-state index < -0.39 is 36.5 Å². The van der Waals surface area contributed by atoms with Gasteiger partial charge in [0.1, 0.15) is 6.10 Å². The molecule has 12 nitrogen and oxygen atoms in total. The van der Waals surface area contributed by atoms with Crippen LogP contribution in [0.25, 0.3) is 0 Å². The number of hydrogen-bond donors (Lipinski definition) is 7. The molecule has 8 N–H and O–H groups in total. The van der Waals surface area contributed by atoms with Crippen molar-refractivity contribution in [3.63, 3.8) is 0 Å². The molecule has 0 bridgehead atoms. The lowest BCUT2D eigenvalue weighted by Gasteiger charge is -2.45. The van der Waals surface area contributed by atoms with Crippen LogP contribution < -0.4 is 16.4 Å². The number of piperidine rings is 1. The number of methoxy groups -OCH3 is 2. The monoisotopic (exact) mass is 657 g/mol. The van der Waals surface area contributed by atoms with E-state index in [-0.39, 0.29) is 55.4 Å². The van der Waals surface area contributed by atoms with Gasteiger partial charge in [-0.25, -0.2) is 0 Å². The van der Waals surface area contributed by atoms with Gasteiger partial charge in [-0.05, 0) is 114 Å². The summed E-state index contributed by atoms with van der Waals surface area (Å²) >= 11 is 0. The molecule has 12 heteroatoms. The lowest BCUT2D eigenvalue weighted by Crippen LogP contribution is -2.52. The molecule has 0 aromatic carbocycles. The maximum atomic E-state index is 11.9. The zero-order valence-electron chi connectivity index (χ0n) is 28.3. The number of rotatable bonds is 16. The summed E-state index contributed by atoms with van der Waals surface area (Å²) in [4.78, 5) is 11.9. The number of likely N-dealkylation sites (N-methyl/N-ethyl adjacent to an activating group) is 1. The van der Waals surface area contributed by atoms with Gasteiger partial charge in [0, 0.05) is 26.7 Å². The summed E-state index contributed by atoms with van der Waals surface area (Å²) in [5.41, 5.74) is 6.15. The number of carboxylic acid groups (broad SMARTS) is 1. The van der Waals surface area contributed by atoms with Crippen molar-refractivity contribution in [2.24, 2.45) is 29.4 Å². The number of aliphatic carboxylic acids is 1. The third kappa shape index (κ3) is 11.0. The molecule has 9 unspecified atom stereocenters. The molecule has 0 aromatic heterocycles. The Kier molecular flexibility index (Phi) is 15.4. The fourth-order valence-corrected chi connectivity index (χ4v) is 8.71. The molecule has 2 saturated carbocycles. The van der Waals surface area contributed by atoms with Crippen LogP contribution in [-0.4, -0.2) is 121 Å². The third-order valence-electron chi connectivity index (χ3n) is 11.3. The highest BCUT2D eigenvalue weighted by molar-refractivity contribution is 5.67. The molecule has 2 aliphatic heterocycles. The summed E-state index contributed by atoms with van der Waals surface area (Å²) in [5, 5.41) is 48.8. The smallest absolute Gasteiger partial charge is 0.303 e. The second-order valence-electron chi connectivity index (χ2n) is 14.6. The molecule has 0 spiro atoms. The number of carbonyl (C=O) groups is 1. The zero-order chi connectivity index (χ0) is 33.2. The van der Waals surface area contributed by atoms with E-state index in [2.05, 4.69) is 10.6 Å². The third-order valence-corrected chi connectivity index (χ3v) is 11.3. The van der Waals surface area contributed by atoms with Crippen molar-refractivity contribution in [3.8, 4) is 0 Å². The first-order valence-electron chi connectivity index (χ1n) is 17.9. The summed E-state index contributed by atoms with van der Waals surface area (Å²) in [6.45, 7) is 3.80. The van der Waals surface area contributed by atoms with E-state index in [0.29, 0.717) is 44.1 Å². The minimum Gasteiger partial charge on any atom is -0.481 e. The molecule has 4 rings (SSSR count). The number of nitrogens with one attached hydrogen (secondary N) is 2. The van der Waals surface area contributed by atoms with Gasteiger partial charge in [0.15, 0.2) is 0 Å². The Hall–Kier alpha value is -0.930. The van der Waals surface area contributed by atoms with E-state index in [1.807, 2.05) is 6.92 Å². The lowest BCUT2D eigenvalue weighted by molar-refractivity contribution is -0.178. The molecule has 0 radical (unpaired) electrons. The molecule has 2 heterocycles. The lowest BCUT2D eigenvalue weighted by atomic mass is 9.77. The van der Waals surface area contributed by atoms with E-state index in [0.717, 1.165) is 57.9 Å². The highest BCUT2D eigenvalue weighted by Crippen LogP contribution is 2.39. The Morgan fingerprint density at radius 3 is 2.41 bits per heavy atom. The van der Waals surface area contributed by atoms with Crippen LogP contribution in [0.5, 0.6) is 0 Å². The standard InChI is InChI=1S/C34H63N3O9/c1-4-36-26(22(16-33(40)41)11-21-9-10-37-32(35)13-21)19-45-31-15-23(14-30(44-3)34(31)42)28-18-24(38)17-25(46-28)7-5-20-6-8-27(39)29(12-20)43-2/h20-32,34,36-39,42H,4-19,35H2,1-3H3,(H,40,41)/t20?,21?,22-,23?,24-,25-,26+,27?,28+,29?,30?,31?,32?,34?/m0/s1. The fraction of sp³-hybridized carbons (Fsp3) is 0.971. The van der Waals surface area contributed by atoms with Gasteiger partial charge in [-0.1, -0.05) is 6.92 Å². The number of ether oxygens (including phenoxy) is 4. The predicted octanol–water partition coefficient (Wildman–Crippen LogP) is 1.77. The average Bonchev–Trinajstić information content (AvgIpc) is 3.02. The maximum absolute atomic E-state index is 11.9. The second-order valence-corrected chi connectivity index (χ2v) is 14.6. The van der Waals surface area contributed by atoms with Gasteiger partial charge in [0.05, 0.1) is 55.5 Å². The van der Waals surface area contributed by atoms with Gasteiger partial charge >= 0.3 is 5.97 Å². The first-order chi connectivity index (χ1) is 22.1. The summed E-state index contributed by atoms with van der Waals surface area (Å²) in [7, 11) is 3.27. The minimum atomic E-state index is -0.828. The summed E-state index contributed by atoms with van der Waals surface area (Å²) < 4.78 is 24.4. The SMILES string of the molecule is CCN[C@H](COC1CC([C@H]2C[C@@H](O)C[C@H](CCC3CCC(O)C(OC)C3)O2)CC(OC)C1O)[C@H](CC(=O)O)CC1CCNC(N)C1. The Bertz CT molecular complexity index is 902. The van der Waals surface area contributed by atoms with Crippen LogP contribution in [0.2, 0.25) is 0 Å². The summed E-state index contributed by atoms with van der Waals surface area (Å²) in [6, 6.07) is -0.184. The molecule has 4 fully saturated rings. The largest absolute Gasteiger partial charge is 0.481 e. The van der Waals surface area contributed by atoms with Gasteiger partial charge < -0.3 is 55.7 Å². The topological polar surface area (TPSA) is 185 Å². The van der Waals surface area contributed by atoms with Crippen LogP contribution in [0.15, 0.2) is 0 Å². The fourth-order valence-electron chi connectivity index (χ4n) is 8.71. The zero-order valence-corrected chi connectivity index (χ0v) is 28.3. The van der Waals surface area contributed by atoms with E-state index in [1.165, 1.54) is 0 Å². The predicted molar refractivity (Wildman–Crippen MR) is 173 cm³/mol. The number of aliphatic hydroxyl groups is 3. The van der Waals surface area contributed by atoms with Gasteiger partial charge in [-0.2, -0.15) is 0 Å².